The molecule has 10 heteroatoms. The van der Waals surface area contributed by atoms with Crippen molar-refractivity contribution >= 4 is 16.7 Å². The number of nitrogens with zero attached hydrogens (tertiary/aromatic N) is 5. The van der Waals surface area contributed by atoms with E-state index in [9.17, 15) is 8.78 Å². The Morgan fingerprint density at radius 1 is 1.30 bits per heavy atom. The van der Waals surface area contributed by atoms with Gasteiger partial charge in [0.1, 0.15) is 28.7 Å². The van der Waals surface area contributed by atoms with Crippen LogP contribution in [-0.4, -0.2) is 47.7 Å². The van der Waals surface area contributed by atoms with Gasteiger partial charge in [0.2, 0.25) is 0 Å². The first-order chi connectivity index (χ1) is 14.5. The minimum atomic E-state index is -0.900. The van der Waals surface area contributed by atoms with Crippen molar-refractivity contribution in [1.29, 1.82) is 5.26 Å². The average Bonchev–Trinajstić information content (AvgIpc) is 2.76. The highest BCUT2D eigenvalue weighted by Crippen LogP contribution is 2.33. The van der Waals surface area contributed by atoms with E-state index in [0.29, 0.717) is 37.3 Å². The van der Waals surface area contributed by atoms with Crippen molar-refractivity contribution in [3.63, 3.8) is 0 Å². The third-order valence-corrected chi connectivity index (χ3v) is 4.90. The Bertz CT molecular complexity index is 1150. The van der Waals surface area contributed by atoms with Crippen LogP contribution in [0.4, 0.5) is 19.0 Å². The lowest BCUT2D eigenvalue weighted by atomic mass is 10.1. The number of hydrogen-bond acceptors (Lipinski definition) is 7. The Morgan fingerprint density at radius 3 is 2.90 bits per heavy atom. The Hall–Kier alpha value is -3.45. The average molecular weight is 414 g/mol. The van der Waals surface area contributed by atoms with E-state index in [1.54, 1.807) is 0 Å². The second-order valence-corrected chi connectivity index (χ2v) is 6.80. The lowest BCUT2D eigenvalue weighted by Gasteiger charge is -2.34. The highest BCUT2D eigenvalue weighted by atomic mass is 19.1. The van der Waals surface area contributed by atoms with Gasteiger partial charge in [-0.3, -0.25) is 4.98 Å². The number of nitriles is 1. The maximum atomic E-state index is 15.4. The number of ether oxygens (including phenoxy) is 1. The summed E-state index contributed by atoms with van der Waals surface area (Å²) in [6.07, 6.45) is 1.65. The first kappa shape index (κ1) is 19.8. The van der Waals surface area contributed by atoms with Crippen LogP contribution in [0.2, 0.25) is 0 Å². The summed E-state index contributed by atoms with van der Waals surface area (Å²) in [5.74, 6) is -2.01. The largest absolute Gasteiger partial charge is 0.467 e. The molecule has 0 radical (unpaired) electrons. The molecule has 3 aromatic rings. The Labute approximate surface area is 170 Å². The molecule has 1 N–H and O–H groups in total. The zero-order valence-corrected chi connectivity index (χ0v) is 16.0. The molecular formula is C20H17F3N6O. The van der Waals surface area contributed by atoms with Crippen LogP contribution in [-0.2, 0) is 0 Å². The van der Waals surface area contributed by atoms with E-state index in [1.807, 2.05) is 4.90 Å². The molecule has 0 amide bonds. The lowest BCUT2D eigenvalue weighted by molar-refractivity contribution is 0.380. The number of methoxy groups -OCH3 is 1. The summed E-state index contributed by atoms with van der Waals surface area (Å²) in [4.78, 5) is 14.4. The molecule has 1 aliphatic rings. The van der Waals surface area contributed by atoms with Crippen molar-refractivity contribution in [2.45, 2.75) is 12.5 Å². The van der Waals surface area contributed by atoms with Gasteiger partial charge in [-0.15, -0.1) is 0 Å². The van der Waals surface area contributed by atoms with Crippen LogP contribution in [0.3, 0.4) is 0 Å². The second-order valence-electron chi connectivity index (χ2n) is 6.80. The van der Waals surface area contributed by atoms with Crippen molar-refractivity contribution in [1.82, 2.24) is 20.3 Å². The van der Waals surface area contributed by atoms with E-state index in [2.05, 4.69) is 26.3 Å². The van der Waals surface area contributed by atoms with E-state index >= 15 is 4.39 Å². The number of pyridine rings is 1. The lowest BCUT2D eigenvalue weighted by Crippen LogP contribution is -2.51. The fourth-order valence-corrected chi connectivity index (χ4v) is 3.49. The molecule has 0 aliphatic carbocycles. The topological polar surface area (TPSA) is 87.0 Å². The summed E-state index contributed by atoms with van der Waals surface area (Å²) >= 11 is 0. The first-order valence-electron chi connectivity index (χ1n) is 9.22. The Balaban J connectivity index is 1.86. The van der Waals surface area contributed by atoms with Gasteiger partial charge in [0.15, 0.2) is 5.82 Å². The van der Waals surface area contributed by atoms with Crippen LogP contribution >= 0.6 is 0 Å². The molecule has 1 saturated heterocycles. The number of anilines is 1. The second kappa shape index (κ2) is 8.12. The van der Waals surface area contributed by atoms with Gasteiger partial charge < -0.3 is 15.0 Å². The summed E-state index contributed by atoms with van der Waals surface area (Å²) in [6.45, 7) is 1.66. The summed E-state index contributed by atoms with van der Waals surface area (Å²) < 4.78 is 48.3. The molecule has 7 nitrogen and oxygen atoms in total. The minimum Gasteiger partial charge on any atom is -0.467 e. The predicted octanol–water partition coefficient (Wildman–Crippen LogP) is 2.81. The van der Waals surface area contributed by atoms with Gasteiger partial charge in [-0.25, -0.2) is 13.2 Å². The highest BCUT2D eigenvalue weighted by molar-refractivity contribution is 5.92. The molecule has 30 heavy (non-hydrogen) atoms. The number of aromatic nitrogens is 3. The van der Waals surface area contributed by atoms with Crippen molar-refractivity contribution in [2.75, 3.05) is 31.6 Å². The molecule has 0 spiro atoms. The van der Waals surface area contributed by atoms with Gasteiger partial charge in [0.05, 0.1) is 25.0 Å². The van der Waals surface area contributed by atoms with Gasteiger partial charge in [-0.2, -0.15) is 15.2 Å². The van der Waals surface area contributed by atoms with E-state index in [4.69, 9.17) is 10.00 Å². The molecule has 4 rings (SSSR count). The Kier molecular flexibility index (Phi) is 5.37. The third-order valence-electron chi connectivity index (χ3n) is 4.90. The normalized spacial score (nSPS) is 16.5. The van der Waals surface area contributed by atoms with Gasteiger partial charge >= 0.3 is 6.01 Å². The standard InChI is InChI=1S/C20H17F3N6O/c1-30-20-27-18-14(19(28-20)29-7-6-25-12(10-29)4-5-24)9-26-17(16(18)23)13-8-11(21)2-3-15(13)22/h2-3,8-9,12,25H,4,6-7,10H2,1H3. The molecule has 0 saturated carbocycles. The SMILES string of the molecule is COc1nc(N2CCNC(CC#N)C2)c2cnc(-c3cc(F)ccc3F)c(F)c2n1. The number of halogens is 3. The molecule has 1 aliphatic heterocycles. The maximum Gasteiger partial charge on any atom is 0.318 e. The summed E-state index contributed by atoms with van der Waals surface area (Å²) in [6, 6.07) is 4.74. The highest BCUT2D eigenvalue weighted by Gasteiger charge is 2.25. The van der Waals surface area contributed by atoms with Crippen LogP contribution in [0.1, 0.15) is 6.42 Å². The molecule has 0 bridgehead atoms. The number of rotatable bonds is 4. The van der Waals surface area contributed by atoms with Gasteiger partial charge in [0, 0.05) is 37.4 Å². The molecule has 1 fully saturated rings. The Morgan fingerprint density at radius 2 is 2.13 bits per heavy atom. The van der Waals surface area contributed by atoms with Crippen LogP contribution in [0.15, 0.2) is 24.4 Å². The number of nitrogens with one attached hydrogen (secondary N) is 1. The molecule has 154 valence electrons. The van der Waals surface area contributed by atoms with Crippen molar-refractivity contribution in [3.05, 3.63) is 41.8 Å². The number of piperazine rings is 1. The summed E-state index contributed by atoms with van der Waals surface area (Å²) in [7, 11) is 1.35. The summed E-state index contributed by atoms with van der Waals surface area (Å²) in [5.41, 5.74) is -0.764. The fraction of sp³-hybridized carbons (Fsp3) is 0.300. The first-order valence-corrected chi connectivity index (χ1v) is 9.22. The zero-order valence-electron chi connectivity index (χ0n) is 16.0. The molecule has 2 aromatic heterocycles. The third kappa shape index (κ3) is 3.59. The van der Waals surface area contributed by atoms with Crippen LogP contribution in [0.25, 0.3) is 22.2 Å². The van der Waals surface area contributed by atoms with E-state index in [0.717, 1.165) is 18.2 Å². The smallest absolute Gasteiger partial charge is 0.318 e. The number of hydrogen-bond donors (Lipinski definition) is 1. The zero-order chi connectivity index (χ0) is 21.3. The fourth-order valence-electron chi connectivity index (χ4n) is 3.49. The van der Waals surface area contributed by atoms with Crippen LogP contribution in [0, 0.1) is 28.8 Å². The van der Waals surface area contributed by atoms with E-state index in [1.165, 1.54) is 13.3 Å². The quantitative estimate of drug-likeness (QED) is 0.703. The minimum absolute atomic E-state index is 0.0661. The van der Waals surface area contributed by atoms with Gasteiger partial charge in [-0.1, -0.05) is 0 Å². The van der Waals surface area contributed by atoms with Crippen molar-refractivity contribution < 1.29 is 17.9 Å². The molecule has 1 unspecified atom stereocenters. The molecule has 1 aromatic carbocycles. The van der Waals surface area contributed by atoms with Crippen molar-refractivity contribution in [3.8, 4) is 23.3 Å². The van der Waals surface area contributed by atoms with Crippen molar-refractivity contribution in [2.24, 2.45) is 0 Å². The maximum absolute atomic E-state index is 15.4. The monoisotopic (exact) mass is 414 g/mol. The number of benzene rings is 1. The predicted molar refractivity (Wildman–Crippen MR) is 103 cm³/mol. The number of fused-ring (bicyclic) bond motifs is 1. The van der Waals surface area contributed by atoms with E-state index in [-0.39, 0.29) is 28.8 Å². The molecular weight excluding hydrogens is 397 g/mol. The summed E-state index contributed by atoms with van der Waals surface area (Å²) in [5, 5.41) is 12.5. The molecule has 3 heterocycles. The van der Waals surface area contributed by atoms with Crippen LogP contribution in [0.5, 0.6) is 6.01 Å². The van der Waals surface area contributed by atoms with Crippen LogP contribution < -0.4 is 15.0 Å². The van der Waals surface area contributed by atoms with E-state index < -0.39 is 17.5 Å². The van der Waals surface area contributed by atoms with Gasteiger partial charge in [0.25, 0.3) is 0 Å². The molecule has 1 atom stereocenters. The van der Waals surface area contributed by atoms with Gasteiger partial charge in [-0.05, 0) is 18.2 Å².